The average molecular weight is 499 g/mol. The van der Waals surface area contributed by atoms with Gasteiger partial charge in [-0.25, -0.2) is 22.7 Å². The molecule has 10 nitrogen and oxygen atoms in total. The number of amides is 1. The second kappa shape index (κ2) is 9.82. The van der Waals surface area contributed by atoms with Gasteiger partial charge in [0.25, 0.3) is 0 Å². The van der Waals surface area contributed by atoms with Gasteiger partial charge in [0.2, 0.25) is 10.0 Å². The molecule has 1 heterocycles. The van der Waals surface area contributed by atoms with E-state index in [1.807, 2.05) is 19.1 Å². The number of hydrogen-bond acceptors (Lipinski definition) is 6. The largest absolute Gasteiger partial charge is 0.377 e. The molecule has 0 aliphatic rings. The number of tetrazole rings is 1. The highest BCUT2D eigenvalue weighted by Crippen LogP contribution is 2.26. The topological polar surface area (TPSA) is 119 Å². The van der Waals surface area contributed by atoms with Crippen LogP contribution in [0.4, 0.5) is 10.5 Å². The third kappa shape index (κ3) is 5.54. The van der Waals surface area contributed by atoms with Gasteiger partial charge in [-0.05, 0) is 48.0 Å². The fourth-order valence-electron chi connectivity index (χ4n) is 2.87. The van der Waals surface area contributed by atoms with E-state index in [-0.39, 0.29) is 28.8 Å². The Bertz CT molecular complexity index is 1270. The minimum absolute atomic E-state index is 0.110. The monoisotopic (exact) mass is 498 g/mol. The van der Waals surface area contributed by atoms with Crippen molar-refractivity contribution in [1.82, 2.24) is 24.5 Å². The summed E-state index contributed by atoms with van der Waals surface area (Å²) in [5.41, 5.74) is 0.754. The van der Waals surface area contributed by atoms with E-state index in [2.05, 4.69) is 15.1 Å². The lowest BCUT2D eigenvalue weighted by Gasteiger charge is -2.22. The molecule has 0 saturated heterocycles. The fourth-order valence-corrected chi connectivity index (χ4v) is 3.94. The van der Waals surface area contributed by atoms with E-state index < -0.39 is 21.7 Å². The molecule has 32 heavy (non-hydrogen) atoms. The second-order valence-electron chi connectivity index (χ2n) is 6.95. The number of carbonyl (C=O) groups excluding carboxylic acids is 1. The number of para-hydroxylation sites is 1. The van der Waals surface area contributed by atoms with Crippen molar-refractivity contribution in [2.45, 2.75) is 13.3 Å². The van der Waals surface area contributed by atoms with Crippen molar-refractivity contribution in [3.63, 3.8) is 0 Å². The Labute approximate surface area is 194 Å². The standard InChI is InChI=1S/C19H20Cl2N6O4S/c1-13-7-9-14(10-8-13)25(12-4-11-22-32(2,30)31)18(28)27-19(29)26(23-24-27)17-15(20)5-3-6-16(17)21/h3,5-10,22H,4,11-12H2,1-2H3. The van der Waals surface area contributed by atoms with Gasteiger partial charge in [-0.15, -0.1) is 4.68 Å². The number of rotatable bonds is 7. The molecule has 1 aromatic heterocycles. The maximum atomic E-state index is 13.2. The summed E-state index contributed by atoms with van der Waals surface area (Å²) in [7, 11) is -3.37. The Morgan fingerprint density at radius 2 is 1.72 bits per heavy atom. The summed E-state index contributed by atoms with van der Waals surface area (Å²) >= 11 is 12.3. The van der Waals surface area contributed by atoms with Crippen LogP contribution in [0.1, 0.15) is 12.0 Å². The molecule has 0 atom stereocenters. The van der Waals surface area contributed by atoms with E-state index in [1.54, 1.807) is 18.2 Å². The number of nitrogens with zero attached hydrogens (tertiary/aromatic N) is 5. The molecule has 0 spiro atoms. The number of carbonyl (C=O) groups is 1. The van der Waals surface area contributed by atoms with Gasteiger partial charge >= 0.3 is 11.7 Å². The number of aryl methyl sites for hydroxylation is 1. The Morgan fingerprint density at radius 3 is 2.31 bits per heavy atom. The molecule has 3 aromatic rings. The van der Waals surface area contributed by atoms with Crippen molar-refractivity contribution < 1.29 is 13.2 Å². The summed E-state index contributed by atoms with van der Waals surface area (Å²) < 4.78 is 26.4. The van der Waals surface area contributed by atoms with Gasteiger partial charge < -0.3 is 0 Å². The summed E-state index contributed by atoms with van der Waals surface area (Å²) in [6.45, 7) is 2.14. The van der Waals surface area contributed by atoms with Gasteiger partial charge in [-0.3, -0.25) is 4.90 Å². The Hall–Kier alpha value is -2.73. The Balaban J connectivity index is 1.93. The van der Waals surface area contributed by atoms with E-state index >= 15 is 0 Å². The number of benzene rings is 2. The van der Waals surface area contributed by atoms with Crippen LogP contribution in [0, 0.1) is 6.92 Å². The first-order chi connectivity index (χ1) is 15.1. The Kier molecular flexibility index (Phi) is 7.34. The number of anilines is 1. The lowest BCUT2D eigenvalue weighted by Crippen LogP contribution is -2.42. The molecule has 0 bridgehead atoms. The van der Waals surface area contributed by atoms with Crippen molar-refractivity contribution >= 4 is 44.9 Å². The SMILES string of the molecule is Cc1ccc(N(CCCNS(C)(=O)=O)C(=O)n2nnn(-c3c(Cl)cccc3Cl)c2=O)cc1. The van der Waals surface area contributed by atoms with Crippen LogP contribution >= 0.6 is 23.2 Å². The number of hydrogen-bond donors (Lipinski definition) is 1. The van der Waals surface area contributed by atoms with Crippen LogP contribution in [0.15, 0.2) is 47.3 Å². The molecule has 1 amide bonds. The molecule has 0 saturated carbocycles. The minimum Gasteiger partial charge on any atom is -0.292 e. The number of aromatic nitrogens is 4. The van der Waals surface area contributed by atoms with E-state index in [0.29, 0.717) is 16.8 Å². The maximum Gasteiger partial charge on any atom is 0.377 e. The predicted molar refractivity (Wildman–Crippen MR) is 122 cm³/mol. The van der Waals surface area contributed by atoms with Crippen molar-refractivity contribution in [3.05, 3.63) is 68.6 Å². The molecule has 1 N–H and O–H groups in total. The van der Waals surface area contributed by atoms with Gasteiger partial charge in [-0.2, -0.15) is 4.68 Å². The molecule has 0 fully saturated rings. The zero-order valence-electron chi connectivity index (χ0n) is 17.2. The first-order valence-corrected chi connectivity index (χ1v) is 12.1. The normalized spacial score (nSPS) is 11.5. The van der Waals surface area contributed by atoms with Gasteiger partial charge in [0.15, 0.2) is 0 Å². The van der Waals surface area contributed by atoms with E-state index in [9.17, 15) is 18.0 Å². The third-order valence-electron chi connectivity index (χ3n) is 4.41. The highest BCUT2D eigenvalue weighted by molar-refractivity contribution is 7.88. The summed E-state index contributed by atoms with van der Waals surface area (Å²) in [4.78, 5) is 27.5. The lowest BCUT2D eigenvalue weighted by molar-refractivity contribution is 0.243. The maximum absolute atomic E-state index is 13.2. The van der Waals surface area contributed by atoms with E-state index in [1.165, 1.54) is 17.0 Å². The third-order valence-corrected chi connectivity index (χ3v) is 5.75. The fraction of sp³-hybridized carbons (Fsp3) is 0.263. The lowest BCUT2D eigenvalue weighted by atomic mass is 10.2. The molecular formula is C19H20Cl2N6O4S. The molecule has 0 aliphatic heterocycles. The van der Waals surface area contributed by atoms with Crippen LogP contribution in [0.25, 0.3) is 5.69 Å². The first-order valence-electron chi connectivity index (χ1n) is 9.41. The Morgan fingerprint density at radius 1 is 1.09 bits per heavy atom. The number of halogens is 2. The second-order valence-corrected chi connectivity index (χ2v) is 9.59. The number of nitrogens with one attached hydrogen (secondary N) is 1. The van der Waals surface area contributed by atoms with Gasteiger partial charge in [0, 0.05) is 18.8 Å². The van der Waals surface area contributed by atoms with Gasteiger partial charge in [0.05, 0.1) is 16.3 Å². The van der Waals surface area contributed by atoms with Gasteiger partial charge in [-0.1, -0.05) is 47.0 Å². The molecule has 13 heteroatoms. The van der Waals surface area contributed by atoms with Crippen LogP contribution in [0.2, 0.25) is 10.0 Å². The number of sulfonamides is 1. The molecule has 0 aliphatic carbocycles. The van der Waals surface area contributed by atoms with Crippen LogP contribution in [-0.4, -0.2) is 53.6 Å². The van der Waals surface area contributed by atoms with E-state index in [4.69, 9.17) is 23.2 Å². The minimum atomic E-state index is -3.37. The van der Waals surface area contributed by atoms with Crippen molar-refractivity contribution in [3.8, 4) is 5.69 Å². The van der Waals surface area contributed by atoms with Crippen molar-refractivity contribution in [2.24, 2.45) is 0 Å². The molecule has 170 valence electrons. The van der Waals surface area contributed by atoms with Crippen molar-refractivity contribution in [2.75, 3.05) is 24.2 Å². The van der Waals surface area contributed by atoms with Crippen LogP contribution in [0.3, 0.4) is 0 Å². The van der Waals surface area contributed by atoms with E-state index in [0.717, 1.165) is 16.5 Å². The molecule has 3 rings (SSSR count). The quantitative estimate of drug-likeness (QED) is 0.394. The van der Waals surface area contributed by atoms with Crippen LogP contribution in [-0.2, 0) is 10.0 Å². The molecular weight excluding hydrogens is 479 g/mol. The molecule has 0 radical (unpaired) electrons. The first kappa shape index (κ1) is 23.9. The zero-order chi connectivity index (χ0) is 23.5. The zero-order valence-corrected chi connectivity index (χ0v) is 19.5. The highest BCUT2D eigenvalue weighted by atomic mass is 35.5. The molecule has 0 unspecified atom stereocenters. The van der Waals surface area contributed by atoms with Crippen LogP contribution < -0.4 is 15.3 Å². The van der Waals surface area contributed by atoms with Crippen molar-refractivity contribution in [1.29, 1.82) is 0 Å². The molecule has 2 aromatic carbocycles. The smallest absolute Gasteiger partial charge is 0.292 e. The summed E-state index contributed by atoms with van der Waals surface area (Å²) in [6.07, 6.45) is 1.35. The summed E-state index contributed by atoms with van der Waals surface area (Å²) in [5.74, 6) is 0. The van der Waals surface area contributed by atoms with Crippen LogP contribution in [0.5, 0.6) is 0 Å². The average Bonchev–Trinajstić information content (AvgIpc) is 3.09. The highest BCUT2D eigenvalue weighted by Gasteiger charge is 2.24. The summed E-state index contributed by atoms with van der Waals surface area (Å²) in [5, 5.41) is 7.80. The predicted octanol–water partition coefficient (Wildman–Crippen LogP) is 2.46. The van der Waals surface area contributed by atoms with Gasteiger partial charge in [0.1, 0.15) is 5.69 Å². The summed E-state index contributed by atoms with van der Waals surface area (Å²) in [6, 6.07) is 11.0.